The standard InChI is InChI=1S/C19H18FN3/c1-11(2)18-17(13-4-6-14(20)7-5-13)16-9-12(10-21)3-8-15(16)19(22)23-18/h3-11,21H,1-2H3,(H2,22,23). The van der Waals surface area contributed by atoms with Crippen LogP contribution in [0.1, 0.15) is 31.0 Å². The highest BCUT2D eigenvalue weighted by Gasteiger charge is 2.17. The number of fused-ring (bicyclic) bond motifs is 1. The average Bonchev–Trinajstić information content (AvgIpc) is 2.55. The Hall–Kier alpha value is -2.75. The molecule has 0 saturated carbocycles. The molecule has 1 aromatic heterocycles. The molecule has 0 saturated heterocycles. The van der Waals surface area contributed by atoms with Crippen LogP contribution in [0.25, 0.3) is 21.9 Å². The summed E-state index contributed by atoms with van der Waals surface area (Å²) in [7, 11) is 0. The Kier molecular flexibility index (Phi) is 3.82. The zero-order valence-corrected chi connectivity index (χ0v) is 13.1. The van der Waals surface area contributed by atoms with Crippen LogP contribution in [0.4, 0.5) is 10.2 Å². The molecule has 0 spiro atoms. The van der Waals surface area contributed by atoms with E-state index in [0.717, 1.165) is 33.2 Å². The van der Waals surface area contributed by atoms with Crippen molar-refractivity contribution in [3.8, 4) is 11.1 Å². The SMILES string of the molecule is CC(C)c1nc(N)c2ccc(C=N)cc2c1-c1ccc(F)cc1. The topological polar surface area (TPSA) is 62.8 Å². The minimum absolute atomic E-state index is 0.172. The van der Waals surface area contributed by atoms with Gasteiger partial charge in [-0.3, -0.25) is 0 Å². The zero-order chi connectivity index (χ0) is 16.6. The van der Waals surface area contributed by atoms with Gasteiger partial charge in [0.2, 0.25) is 0 Å². The van der Waals surface area contributed by atoms with Gasteiger partial charge in [0.1, 0.15) is 11.6 Å². The Labute approximate surface area is 134 Å². The third-order valence-corrected chi connectivity index (χ3v) is 3.93. The van der Waals surface area contributed by atoms with E-state index in [-0.39, 0.29) is 11.7 Å². The molecular formula is C19H18FN3. The first-order valence-electron chi connectivity index (χ1n) is 7.50. The molecule has 3 N–H and O–H groups in total. The Bertz CT molecular complexity index is 883. The van der Waals surface area contributed by atoms with Crippen LogP contribution in [-0.4, -0.2) is 11.2 Å². The number of anilines is 1. The number of benzene rings is 2. The molecule has 0 atom stereocenters. The molecule has 116 valence electrons. The highest BCUT2D eigenvalue weighted by Crippen LogP contribution is 2.37. The fourth-order valence-electron chi connectivity index (χ4n) is 2.80. The van der Waals surface area contributed by atoms with Gasteiger partial charge >= 0.3 is 0 Å². The molecule has 3 aromatic rings. The van der Waals surface area contributed by atoms with Crippen LogP contribution in [0.3, 0.4) is 0 Å². The number of pyridine rings is 1. The van der Waals surface area contributed by atoms with Gasteiger partial charge in [-0.2, -0.15) is 0 Å². The van der Waals surface area contributed by atoms with Gasteiger partial charge in [0.05, 0.1) is 5.69 Å². The number of nitrogens with zero attached hydrogens (tertiary/aromatic N) is 1. The monoisotopic (exact) mass is 307 g/mol. The van der Waals surface area contributed by atoms with Crippen molar-refractivity contribution in [2.45, 2.75) is 19.8 Å². The van der Waals surface area contributed by atoms with E-state index in [0.29, 0.717) is 5.82 Å². The zero-order valence-electron chi connectivity index (χ0n) is 13.1. The number of aromatic nitrogens is 1. The number of halogens is 1. The Morgan fingerprint density at radius 1 is 1.09 bits per heavy atom. The molecular weight excluding hydrogens is 289 g/mol. The van der Waals surface area contributed by atoms with Gasteiger partial charge < -0.3 is 11.1 Å². The quantitative estimate of drug-likeness (QED) is 0.686. The van der Waals surface area contributed by atoms with E-state index in [4.69, 9.17) is 11.1 Å². The maximum atomic E-state index is 13.3. The van der Waals surface area contributed by atoms with Crippen molar-refractivity contribution >= 4 is 22.8 Å². The average molecular weight is 307 g/mol. The first-order valence-corrected chi connectivity index (χ1v) is 7.50. The van der Waals surface area contributed by atoms with E-state index in [1.807, 2.05) is 18.2 Å². The Morgan fingerprint density at radius 3 is 2.39 bits per heavy atom. The van der Waals surface area contributed by atoms with Crippen LogP contribution in [-0.2, 0) is 0 Å². The van der Waals surface area contributed by atoms with Crippen molar-refractivity contribution in [2.24, 2.45) is 0 Å². The van der Waals surface area contributed by atoms with E-state index in [9.17, 15) is 4.39 Å². The number of hydrogen-bond donors (Lipinski definition) is 2. The van der Waals surface area contributed by atoms with E-state index >= 15 is 0 Å². The molecule has 0 amide bonds. The lowest BCUT2D eigenvalue weighted by atomic mass is 9.91. The first-order chi connectivity index (χ1) is 11.0. The second-order valence-corrected chi connectivity index (χ2v) is 5.87. The smallest absolute Gasteiger partial charge is 0.131 e. The second-order valence-electron chi connectivity index (χ2n) is 5.87. The molecule has 0 aliphatic carbocycles. The van der Waals surface area contributed by atoms with Gasteiger partial charge in [0, 0.05) is 17.2 Å². The number of hydrogen-bond acceptors (Lipinski definition) is 3. The summed E-state index contributed by atoms with van der Waals surface area (Å²) in [5.74, 6) is 0.379. The normalized spacial score (nSPS) is 11.1. The highest BCUT2D eigenvalue weighted by atomic mass is 19.1. The van der Waals surface area contributed by atoms with Crippen LogP contribution in [0.15, 0.2) is 42.5 Å². The summed E-state index contributed by atoms with van der Waals surface area (Å²) in [5.41, 5.74) is 9.65. The summed E-state index contributed by atoms with van der Waals surface area (Å²) >= 11 is 0. The van der Waals surface area contributed by atoms with Crippen molar-refractivity contribution in [1.82, 2.24) is 4.98 Å². The van der Waals surface area contributed by atoms with Crippen molar-refractivity contribution in [3.05, 3.63) is 59.5 Å². The minimum Gasteiger partial charge on any atom is -0.383 e. The fourth-order valence-corrected chi connectivity index (χ4v) is 2.80. The molecule has 2 aromatic carbocycles. The Morgan fingerprint density at radius 2 is 1.78 bits per heavy atom. The van der Waals surface area contributed by atoms with E-state index in [2.05, 4.69) is 18.8 Å². The summed E-state index contributed by atoms with van der Waals surface area (Å²) < 4.78 is 13.3. The maximum Gasteiger partial charge on any atom is 0.131 e. The molecule has 0 fully saturated rings. The molecule has 4 heteroatoms. The number of nitrogen functional groups attached to an aromatic ring is 1. The Balaban J connectivity index is 2.44. The molecule has 0 bridgehead atoms. The number of nitrogens with two attached hydrogens (primary N) is 1. The molecule has 3 rings (SSSR count). The van der Waals surface area contributed by atoms with Gasteiger partial charge in [-0.1, -0.05) is 38.1 Å². The van der Waals surface area contributed by atoms with Gasteiger partial charge in [-0.05, 0) is 40.6 Å². The molecule has 3 nitrogen and oxygen atoms in total. The highest BCUT2D eigenvalue weighted by molar-refractivity contribution is 6.04. The second kappa shape index (κ2) is 5.80. The lowest BCUT2D eigenvalue weighted by Gasteiger charge is -2.17. The summed E-state index contributed by atoms with van der Waals surface area (Å²) in [5, 5.41) is 9.28. The predicted octanol–water partition coefficient (Wildman–Crippen LogP) is 4.74. The van der Waals surface area contributed by atoms with E-state index < -0.39 is 0 Å². The summed E-state index contributed by atoms with van der Waals surface area (Å²) in [6, 6.07) is 12.1. The van der Waals surface area contributed by atoms with Crippen LogP contribution < -0.4 is 5.73 Å². The van der Waals surface area contributed by atoms with Crippen LogP contribution >= 0.6 is 0 Å². The predicted molar refractivity (Wildman–Crippen MR) is 93.5 cm³/mol. The molecule has 0 aliphatic rings. The van der Waals surface area contributed by atoms with Crippen molar-refractivity contribution < 1.29 is 4.39 Å². The largest absolute Gasteiger partial charge is 0.383 e. The molecule has 1 heterocycles. The maximum absolute atomic E-state index is 13.3. The first kappa shape index (κ1) is 15.2. The molecule has 0 unspecified atom stereocenters. The van der Waals surface area contributed by atoms with Crippen LogP contribution in [0, 0.1) is 11.2 Å². The molecule has 0 radical (unpaired) electrons. The third-order valence-electron chi connectivity index (χ3n) is 3.93. The van der Waals surface area contributed by atoms with Gasteiger partial charge in [-0.15, -0.1) is 0 Å². The van der Waals surface area contributed by atoms with Crippen LogP contribution in [0.2, 0.25) is 0 Å². The van der Waals surface area contributed by atoms with Crippen molar-refractivity contribution in [3.63, 3.8) is 0 Å². The van der Waals surface area contributed by atoms with E-state index in [1.54, 1.807) is 12.1 Å². The van der Waals surface area contributed by atoms with Gasteiger partial charge in [0.15, 0.2) is 0 Å². The fraction of sp³-hybridized carbons (Fsp3) is 0.158. The lowest BCUT2D eigenvalue weighted by Crippen LogP contribution is -2.03. The summed E-state index contributed by atoms with van der Waals surface area (Å²) in [4.78, 5) is 4.58. The molecule has 0 aliphatic heterocycles. The lowest BCUT2D eigenvalue weighted by molar-refractivity contribution is 0.628. The molecule has 23 heavy (non-hydrogen) atoms. The summed E-state index contributed by atoms with van der Waals surface area (Å²) in [6.45, 7) is 4.11. The van der Waals surface area contributed by atoms with Gasteiger partial charge in [-0.25, -0.2) is 9.37 Å². The minimum atomic E-state index is -0.271. The van der Waals surface area contributed by atoms with Gasteiger partial charge in [0.25, 0.3) is 0 Å². The van der Waals surface area contributed by atoms with Crippen LogP contribution in [0.5, 0.6) is 0 Å². The van der Waals surface area contributed by atoms with E-state index in [1.165, 1.54) is 18.3 Å². The summed E-state index contributed by atoms with van der Waals surface area (Å²) in [6.07, 6.45) is 1.31. The van der Waals surface area contributed by atoms with Crippen molar-refractivity contribution in [1.29, 1.82) is 5.41 Å². The van der Waals surface area contributed by atoms with Crippen molar-refractivity contribution in [2.75, 3.05) is 5.73 Å². The number of nitrogens with one attached hydrogen (secondary N) is 1. The third kappa shape index (κ3) is 2.68. The number of rotatable bonds is 3.